The zero-order valence-corrected chi connectivity index (χ0v) is 25.2. The van der Waals surface area contributed by atoms with Gasteiger partial charge in [0.1, 0.15) is 0 Å². The number of fused-ring (bicyclic) bond motifs is 2. The maximum atomic E-state index is 14.0. The summed E-state index contributed by atoms with van der Waals surface area (Å²) in [4.78, 5) is 14.0. The lowest BCUT2D eigenvalue weighted by atomic mass is 9.97. The molecule has 4 heteroatoms. The molecule has 0 N–H and O–H groups in total. The summed E-state index contributed by atoms with van der Waals surface area (Å²) in [5, 5.41) is 2.17. The molecule has 0 atom stereocenters. The molecule has 5 rings (SSSR count). The van der Waals surface area contributed by atoms with Gasteiger partial charge in [0, 0.05) is 40.6 Å². The summed E-state index contributed by atoms with van der Waals surface area (Å²) in [6.45, 7) is 10.6. The van der Waals surface area contributed by atoms with Crippen molar-refractivity contribution < 1.29 is 9.53 Å². The van der Waals surface area contributed by atoms with Crippen molar-refractivity contribution >= 4 is 27.8 Å². The molecule has 0 radical (unpaired) electrons. The summed E-state index contributed by atoms with van der Waals surface area (Å²) in [7, 11) is 0. The second-order valence-corrected chi connectivity index (χ2v) is 11.3. The van der Waals surface area contributed by atoms with E-state index >= 15 is 0 Å². The molecule has 2 heterocycles. The van der Waals surface area contributed by atoms with Crippen LogP contribution in [0.25, 0.3) is 32.9 Å². The molecule has 0 saturated carbocycles. The third-order valence-corrected chi connectivity index (χ3v) is 8.49. The van der Waals surface area contributed by atoms with Gasteiger partial charge >= 0.3 is 5.97 Å². The molecule has 0 unspecified atom stereocenters. The van der Waals surface area contributed by atoms with Crippen molar-refractivity contribution in [1.82, 2.24) is 9.13 Å². The van der Waals surface area contributed by atoms with Gasteiger partial charge in [-0.2, -0.15) is 0 Å². The molecule has 0 spiro atoms. The number of para-hydroxylation sites is 2. The van der Waals surface area contributed by atoms with E-state index in [9.17, 15) is 4.79 Å². The number of nitrogens with zero attached hydrogens (tertiary/aromatic N) is 2. The lowest BCUT2D eigenvalue weighted by Gasteiger charge is -2.12. The number of unbranched alkanes of at least 4 members (excludes halogenated alkanes) is 6. The monoisotopic (exact) mass is 548 g/mol. The molecule has 214 valence electrons. The Morgan fingerprint density at radius 3 is 1.95 bits per heavy atom. The Balaban J connectivity index is 1.48. The van der Waals surface area contributed by atoms with Gasteiger partial charge in [-0.15, -0.1) is 0 Å². The number of carbonyl (C=O) groups is 1. The highest BCUT2D eigenvalue weighted by Gasteiger charge is 2.24. The maximum absolute atomic E-state index is 14.0. The Morgan fingerprint density at radius 2 is 1.20 bits per heavy atom. The topological polar surface area (TPSA) is 36.2 Å². The molecule has 4 nitrogen and oxygen atoms in total. The van der Waals surface area contributed by atoms with Crippen molar-refractivity contribution in [3.8, 4) is 16.9 Å². The van der Waals surface area contributed by atoms with Crippen LogP contribution in [-0.4, -0.2) is 15.1 Å². The Bertz CT molecular complexity index is 1640. The summed E-state index contributed by atoms with van der Waals surface area (Å²) in [5.41, 5.74) is 7.18. The van der Waals surface area contributed by atoms with Gasteiger partial charge in [0.2, 0.25) is 0 Å². The van der Waals surface area contributed by atoms with E-state index in [-0.39, 0.29) is 5.97 Å². The van der Waals surface area contributed by atoms with Crippen LogP contribution in [0.3, 0.4) is 0 Å². The van der Waals surface area contributed by atoms with Crippen LogP contribution in [0, 0.1) is 13.8 Å². The number of carbonyl (C=O) groups excluding carboxylic acids is 1. The van der Waals surface area contributed by atoms with Crippen molar-refractivity contribution in [3.63, 3.8) is 0 Å². The number of benzene rings is 3. The first kappa shape index (κ1) is 28.7. The normalized spacial score (nSPS) is 11.5. The maximum Gasteiger partial charge on any atom is 0.344 e. The first-order valence-electron chi connectivity index (χ1n) is 15.5. The van der Waals surface area contributed by atoms with E-state index < -0.39 is 0 Å². The van der Waals surface area contributed by atoms with Gasteiger partial charge in [-0.25, -0.2) is 4.79 Å². The lowest BCUT2D eigenvalue weighted by molar-refractivity contribution is 0.0736. The Kier molecular flexibility index (Phi) is 9.28. The molecular formula is C37H44N2O2. The fourth-order valence-electron chi connectivity index (χ4n) is 6.27. The third-order valence-electron chi connectivity index (χ3n) is 8.49. The van der Waals surface area contributed by atoms with E-state index in [0.29, 0.717) is 11.3 Å². The van der Waals surface area contributed by atoms with E-state index in [1.54, 1.807) is 0 Å². The standard InChI is InChI=1S/C37H44N2O2/c1-5-7-9-10-11-18-26-39-28(4)36(32-22-15-17-24-34(32)39)41-37(40)30-20-13-12-19-29(30)35-27(3)38(25-8-6-2)33-23-16-14-21-31(33)35/h12-17,19-24H,5-11,18,25-26H2,1-4H3. The van der Waals surface area contributed by atoms with E-state index in [1.165, 1.54) is 48.7 Å². The predicted molar refractivity (Wildman–Crippen MR) is 172 cm³/mol. The molecule has 41 heavy (non-hydrogen) atoms. The fourth-order valence-corrected chi connectivity index (χ4v) is 6.27. The van der Waals surface area contributed by atoms with Crippen LogP contribution in [-0.2, 0) is 13.1 Å². The van der Waals surface area contributed by atoms with Gasteiger partial charge in [0.25, 0.3) is 0 Å². The number of hydrogen-bond donors (Lipinski definition) is 0. The van der Waals surface area contributed by atoms with Crippen molar-refractivity contribution in [3.05, 3.63) is 89.7 Å². The average molecular weight is 549 g/mol. The zero-order chi connectivity index (χ0) is 28.8. The van der Waals surface area contributed by atoms with Gasteiger partial charge < -0.3 is 13.9 Å². The van der Waals surface area contributed by atoms with Crippen LogP contribution in [0.2, 0.25) is 0 Å². The minimum absolute atomic E-state index is 0.309. The van der Waals surface area contributed by atoms with Gasteiger partial charge in [-0.05, 0) is 56.5 Å². The van der Waals surface area contributed by atoms with Gasteiger partial charge in [-0.3, -0.25) is 0 Å². The van der Waals surface area contributed by atoms with E-state index in [2.05, 4.69) is 85.4 Å². The van der Waals surface area contributed by atoms with E-state index in [0.717, 1.165) is 60.1 Å². The SMILES string of the molecule is CCCCCCCCn1c(C)c(OC(=O)c2ccccc2-c2c(C)n(CCCC)c3ccccc23)c2ccccc21. The number of ether oxygens (including phenoxy) is 1. The highest BCUT2D eigenvalue weighted by atomic mass is 16.5. The lowest BCUT2D eigenvalue weighted by Crippen LogP contribution is -2.11. The number of esters is 1. The number of hydrogen-bond acceptors (Lipinski definition) is 2. The van der Waals surface area contributed by atoms with E-state index in [1.807, 2.05) is 24.3 Å². The molecule has 2 aromatic heterocycles. The minimum Gasteiger partial charge on any atom is -0.420 e. The van der Waals surface area contributed by atoms with Gasteiger partial charge in [0.15, 0.2) is 5.75 Å². The average Bonchev–Trinajstić information content (AvgIpc) is 3.43. The van der Waals surface area contributed by atoms with Crippen LogP contribution in [0.5, 0.6) is 5.75 Å². The summed E-state index contributed by atoms with van der Waals surface area (Å²) in [5.74, 6) is 0.365. The van der Waals surface area contributed by atoms with Crippen LogP contribution in [0.15, 0.2) is 72.8 Å². The summed E-state index contributed by atoms with van der Waals surface area (Å²) >= 11 is 0. The number of aromatic nitrogens is 2. The highest BCUT2D eigenvalue weighted by Crippen LogP contribution is 2.38. The fraction of sp³-hybridized carbons (Fsp3) is 0.378. The molecule has 0 fully saturated rings. The summed E-state index contributed by atoms with van der Waals surface area (Å²) in [6, 6.07) is 24.7. The molecule has 0 bridgehead atoms. The van der Waals surface area contributed by atoms with Crippen molar-refractivity contribution in [2.45, 2.75) is 92.2 Å². The Hall–Kier alpha value is -3.79. The molecule has 0 aliphatic heterocycles. The van der Waals surface area contributed by atoms with E-state index in [4.69, 9.17) is 4.74 Å². The first-order valence-corrected chi connectivity index (χ1v) is 15.5. The van der Waals surface area contributed by atoms with Crippen LogP contribution in [0.4, 0.5) is 0 Å². The van der Waals surface area contributed by atoms with Crippen molar-refractivity contribution in [2.24, 2.45) is 0 Å². The van der Waals surface area contributed by atoms with Crippen LogP contribution >= 0.6 is 0 Å². The quantitative estimate of drug-likeness (QED) is 0.108. The predicted octanol–water partition coefficient (Wildman–Crippen LogP) is 10.3. The number of rotatable bonds is 13. The summed E-state index contributed by atoms with van der Waals surface area (Å²) < 4.78 is 11.0. The minimum atomic E-state index is -0.309. The second kappa shape index (κ2) is 13.2. The molecule has 0 amide bonds. The molecule has 0 aliphatic carbocycles. The second-order valence-electron chi connectivity index (χ2n) is 11.3. The molecule has 0 aliphatic rings. The number of aryl methyl sites for hydroxylation is 2. The van der Waals surface area contributed by atoms with Crippen molar-refractivity contribution in [2.75, 3.05) is 0 Å². The Morgan fingerprint density at radius 1 is 0.634 bits per heavy atom. The molecule has 0 saturated heterocycles. The zero-order valence-electron chi connectivity index (χ0n) is 25.2. The highest BCUT2D eigenvalue weighted by molar-refractivity contribution is 6.06. The molecule has 5 aromatic rings. The largest absolute Gasteiger partial charge is 0.420 e. The van der Waals surface area contributed by atoms with Crippen LogP contribution in [0.1, 0.15) is 87.0 Å². The third kappa shape index (κ3) is 5.84. The Labute approximate surface area is 244 Å². The first-order chi connectivity index (χ1) is 20.1. The van der Waals surface area contributed by atoms with Crippen molar-refractivity contribution in [1.29, 1.82) is 0 Å². The summed E-state index contributed by atoms with van der Waals surface area (Å²) in [6.07, 6.45) is 9.76. The van der Waals surface area contributed by atoms with Crippen LogP contribution < -0.4 is 4.74 Å². The molecular weight excluding hydrogens is 504 g/mol. The molecule has 3 aromatic carbocycles. The smallest absolute Gasteiger partial charge is 0.344 e. The van der Waals surface area contributed by atoms with Gasteiger partial charge in [-0.1, -0.05) is 101 Å². The van der Waals surface area contributed by atoms with Gasteiger partial charge in [0.05, 0.1) is 16.8 Å².